The summed E-state index contributed by atoms with van der Waals surface area (Å²) in [6.45, 7) is 6.48. The number of esters is 3. The van der Waals surface area contributed by atoms with Gasteiger partial charge in [-0.3, -0.25) is 14.4 Å². The smallest absolute Gasteiger partial charge is 0.306 e. The molecule has 0 aliphatic carbocycles. The molecule has 0 rings (SSSR count). The lowest BCUT2D eigenvalue weighted by Gasteiger charge is -2.18. The number of hydrogen-bond donors (Lipinski definition) is 0. The fraction of sp³-hybridized carbons (Fsp3) is 0.810. The Morgan fingerprint density at radius 3 is 1.09 bits per heavy atom. The Labute approximate surface area is 397 Å². The molecule has 0 radical (unpaired) electrons. The average Bonchev–Trinajstić information content (AvgIpc) is 3.29. The zero-order valence-corrected chi connectivity index (χ0v) is 42.6. The number of carbonyl (C=O) groups is 3. The number of rotatable bonds is 50. The molecule has 0 aromatic rings. The molecule has 372 valence electrons. The highest BCUT2D eigenvalue weighted by Gasteiger charge is 2.19. The largest absolute Gasteiger partial charge is 0.462 e. The first-order chi connectivity index (χ1) is 31.5. The van der Waals surface area contributed by atoms with Gasteiger partial charge in [0.15, 0.2) is 6.10 Å². The summed E-state index contributed by atoms with van der Waals surface area (Å²) in [5.74, 6) is -0.912. The van der Waals surface area contributed by atoms with Crippen LogP contribution in [-0.4, -0.2) is 37.2 Å². The van der Waals surface area contributed by atoms with Gasteiger partial charge in [-0.15, -0.1) is 0 Å². The maximum Gasteiger partial charge on any atom is 0.306 e. The Bertz CT molecular complexity index is 1120. The summed E-state index contributed by atoms with van der Waals surface area (Å²) >= 11 is 0. The summed E-state index contributed by atoms with van der Waals surface area (Å²) < 4.78 is 16.8. The van der Waals surface area contributed by atoms with Crippen LogP contribution in [0.25, 0.3) is 0 Å². The third-order valence-corrected chi connectivity index (χ3v) is 12.1. The predicted octanol–water partition coefficient (Wildman–Crippen LogP) is 18.3. The van der Waals surface area contributed by atoms with Gasteiger partial charge in [0.2, 0.25) is 0 Å². The van der Waals surface area contributed by atoms with E-state index in [2.05, 4.69) is 69.4 Å². The Morgan fingerprint density at radius 2 is 0.656 bits per heavy atom. The zero-order chi connectivity index (χ0) is 46.5. The topological polar surface area (TPSA) is 78.9 Å². The van der Waals surface area contributed by atoms with Crippen LogP contribution < -0.4 is 0 Å². The molecule has 6 heteroatoms. The summed E-state index contributed by atoms with van der Waals surface area (Å²) in [7, 11) is 0. The Kier molecular flexibility index (Phi) is 50.8. The molecular weight excluding hydrogens is 793 g/mol. The maximum atomic E-state index is 12.8. The lowest BCUT2D eigenvalue weighted by atomic mass is 10.0. The van der Waals surface area contributed by atoms with E-state index < -0.39 is 6.10 Å². The SMILES string of the molecule is CC/C=C\C/C=C\CCCCC(=O)OCC(COC(=O)CCCCCCCCCCCC/C=C\C=C/CCCCC)OC(=O)CCCCCCCCCCCCCCCCCCCC. The highest BCUT2D eigenvalue weighted by Crippen LogP contribution is 2.16. The molecule has 0 bridgehead atoms. The standard InChI is InChI=1S/C58H104O6/c1-4-7-10-13-16-19-21-23-25-27-29-31-32-34-36-39-42-45-48-51-57(60)63-54-55(53-62-56(59)50-47-44-41-38-18-15-12-9-6-3)64-58(61)52-49-46-43-40-37-35-33-30-28-26-24-22-20-17-14-11-8-5-2/h9,12,16,18-19,21,23,38,55H,4-8,10-11,13-15,17,20,22,24-37,39-54H2,1-3H3/b12-9-,19-16-,23-21-,38-18-. The van der Waals surface area contributed by atoms with Gasteiger partial charge in [0.05, 0.1) is 0 Å². The van der Waals surface area contributed by atoms with Crippen LogP contribution in [0.15, 0.2) is 48.6 Å². The second kappa shape index (κ2) is 53.0. The van der Waals surface area contributed by atoms with Gasteiger partial charge in [-0.2, -0.15) is 0 Å². The third kappa shape index (κ3) is 50.4. The molecule has 0 amide bonds. The number of hydrogen-bond acceptors (Lipinski definition) is 6. The maximum absolute atomic E-state index is 12.8. The molecule has 0 aromatic carbocycles. The van der Waals surface area contributed by atoms with Crippen molar-refractivity contribution >= 4 is 17.9 Å². The molecule has 1 atom stereocenters. The first-order valence-electron chi connectivity index (χ1n) is 27.7. The van der Waals surface area contributed by atoms with Crippen LogP contribution in [0.1, 0.15) is 284 Å². The Balaban J connectivity index is 4.27. The van der Waals surface area contributed by atoms with E-state index in [-0.39, 0.29) is 31.1 Å². The van der Waals surface area contributed by atoms with Crippen molar-refractivity contribution in [1.29, 1.82) is 0 Å². The van der Waals surface area contributed by atoms with Crippen LogP contribution in [0.5, 0.6) is 0 Å². The zero-order valence-electron chi connectivity index (χ0n) is 42.6. The van der Waals surface area contributed by atoms with E-state index in [1.807, 2.05) is 0 Å². The molecule has 0 fully saturated rings. The summed E-state index contributed by atoms with van der Waals surface area (Å²) in [5.41, 5.74) is 0. The van der Waals surface area contributed by atoms with Crippen molar-refractivity contribution in [2.45, 2.75) is 290 Å². The lowest BCUT2D eigenvalue weighted by molar-refractivity contribution is -0.167. The summed E-state index contributed by atoms with van der Waals surface area (Å²) in [6, 6.07) is 0. The van der Waals surface area contributed by atoms with Crippen molar-refractivity contribution in [3.8, 4) is 0 Å². The normalized spacial score (nSPS) is 12.4. The van der Waals surface area contributed by atoms with Crippen LogP contribution in [-0.2, 0) is 28.6 Å². The molecule has 6 nitrogen and oxygen atoms in total. The molecule has 0 saturated carbocycles. The number of carbonyl (C=O) groups excluding carboxylic acids is 3. The van der Waals surface area contributed by atoms with Gasteiger partial charge in [-0.1, -0.05) is 243 Å². The Morgan fingerprint density at radius 1 is 0.344 bits per heavy atom. The van der Waals surface area contributed by atoms with Crippen LogP contribution in [0.3, 0.4) is 0 Å². The van der Waals surface area contributed by atoms with E-state index in [0.717, 1.165) is 70.6 Å². The fourth-order valence-electron chi connectivity index (χ4n) is 7.94. The molecule has 0 aliphatic heterocycles. The minimum Gasteiger partial charge on any atom is -0.462 e. The molecule has 64 heavy (non-hydrogen) atoms. The van der Waals surface area contributed by atoms with Crippen molar-refractivity contribution in [2.24, 2.45) is 0 Å². The molecule has 0 aromatic heterocycles. The molecular formula is C58H104O6. The number of ether oxygens (including phenoxy) is 3. The van der Waals surface area contributed by atoms with Gasteiger partial charge >= 0.3 is 17.9 Å². The van der Waals surface area contributed by atoms with Gasteiger partial charge in [-0.25, -0.2) is 0 Å². The van der Waals surface area contributed by atoms with Crippen molar-refractivity contribution in [3.05, 3.63) is 48.6 Å². The first kappa shape index (κ1) is 61.4. The monoisotopic (exact) mass is 897 g/mol. The van der Waals surface area contributed by atoms with Crippen LogP contribution in [0.2, 0.25) is 0 Å². The minimum atomic E-state index is -0.784. The van der Waals surface area contributed by atoms with E-state index >= 15 is 0 Å². The van der Waals surface area contributed by atoms with Crippen molar-refractivity contribution in [2.75, 3.05) is 13.2 Å². The quantitative estimate of drug-likeness (QED) is 0.0199. The van der Waals surface area contributed by atoms with E-state index in [1.165, 1.54) is 173 Å². The van der Waals surface area contributed by atoms with Crippen LogP contribution in [0.4, 0.5) is 0 Å². The second-order valence-corrected chi connectivity index (χ2v) is 18.5. The van der Waals surface area contributed by atoms with Gasteiger partial charge in [0.1, 0.15) is 13.2 Å². The van der Waals surface area contributed by atoms with Gasteiger partial charge < -0.3 is 14.2 Å². The highest BCUT2D eigenvalue weighted by molar-refractivity contribution is 5.71. The van der Waals surface area contributed by atoms with Crippen LogP contribution >= 0.6 is 0 Å². The molecule has 0 aliphatic rings. The van der Waals surface area contributed by atoms with Gasteiger partial charge in [0.25, 0.3) is 0 Å². The van der Waals surface area contributed by atoms with E-state index in [4.69, 9.17) is 14.2 Å². The summed E-state index contributed by atoms with van der Waals surface area (Å²) in [4.78, 5) is 38.0. The summed E-state index contributed by atoms with van der Waals surface area (Å²) in [5, 5.41) is 0. The number of allylic oxidation sites excluding steroid dienone is 8. The molecule has 0 saturated heterocycles. The van der Waals surface area contributed by atoms with Gasteiger partial charge in [0, 0.05) is 19.3 Å². The van der Waals surface area contributed by atoms with Crippen molar-refractivity contribution in [1.82, 2.24) is 0 Å². The average molecular weight is 897 g/mol. The minimum absolute atomic E-state index is 0.0826. The molecule has 0 heterocycles. The number of unbranched alkanes of at least 4 members (excludes halogenated alkanes) is 32. The van der Waals surface area contributed by atoms with Crippen molar-refractivity contribution < 1.29 is 28.6 Å². The predicted molar refractivity (Wildman–Crippen MR) is 275 cm³/mol. The first-order valence-corrected chi connectivity index (χ1v) is 27.7. The van der Waals surface area contributed by atoms with E-state index in [0.29, 0.717) is 19.3 Å². The van der Waals surface area contributed by atoms with Crippen molar-refractivity contribution in [3.63, 3.8) is 0 Å². The Hall–Kier alpha value is -2.63. The van der Waals surface area contributed by atoms with Crippen LogP contribution in [0, 0.1) is 0 Å². The molecule has 0 N–H and O–H groups in total. The molecule has 0 spiro atoms. The highest BCUT2D eigenvalue weighted by atomic mass is 16.6. The lowest BCUT2D eigenvalue weighted by Crippen LogP contribution is -2.30. The van der Waals surface area contributed by atoms with Gasteiger partial charge in [-0.05, 0) is 70.6 Å². The second-order valence-electron chi connectivity index (χ2n) is 18.5. The molecule has 1 unspecified atom stereocenters. The van der Waals surface area contributed by atoms with E-state index in [1.54, 1.807) is 0 Å². The van der Waals surface area contributed by atoms with E-state index in [9.17, 15) is 14.4 Å². The summed E-state index contributed by atoms with van der Waals surface area (Å²) in [6.07, 6.45) is 64.0. The third-order valence-electron chi connectivity index (χ3n) is 12.1. The fourth-order valence-corrected chi connectivity index (χ4v) is 7.94.